The molecular weight excluding hydrogens is 258 g/mol. The van der Waals surface area contributed by atoms with E-state index in [1.165, 1.54) is 32.5 Å². The monoisotopic (exact) mass is 289 g/mol. The Morgan fingerprint density at radius 1 is 0.905 bits per heavy atom. The summed E-state index contributed by atoms with van der Waals surface area (Å²) in [6.07, 6.45) is 13.2. The first-order chi connectivity index (χ1) is 10.2. The molecule has 2 nitrogen and oxygen atoms in total. The van der Waals surface area contributed by atoms with Crippen LogP contribution in [0.2, 0.25) is 0 Å². The summed E-state index contributed by atoms with van der Waals surface area (Å²) in [7, 11) is 0. The number of aliphatic hydroxyl groups is 1. The van der Waals surface area contributed by atoms with E-state index in [1.807, 2.05) is 0 Å². The lowest BCUT2D eigenvalue weighted by Gasteiger charge is -2.57. The van der Waals surface area contributed by atoms with Gasteiger partial charge in [-0.05, 0) is 93.4 Å². The minimum absolute atomic E-state index is 0.0135. The maximum atomic E-state index is 10.1. The van der Waals surface area contributed by atoms with Crippen molar-refractivity contribution in [2.45, 2.75) is 63.9 Å². The first-order valence-electron chi connectivity index (χ1n) is 9.59. The molecule has 6 aliphatic rings. The van der Waals surface area contributed by atoms with Gasteiger partial charge in [0.1, 0.15) is 0 Å². The summed E-state index contributed by atoms with van der Waals surface area (Å²) in [5.74, 6) is 4.71. The molecule has 1 saturated heterocycles. The fourth-order valence-electron chi connectivity index (χ4n) is 7.50. The Labute approximate surface area is 129 Å². The van der Waals surface area contributed by atoms with Crippen molar-refractivity contribution in [3.63, 3.8) is 0 Å². The van der Waals surface area contributed by atoms with Crippen LogP contribution < -0.4 is 0 Å². The first kappa shape index (κ1) is 13.4. The van der Waals surface area contributed by atoms with Gasteiger partial charge in [0.2, 0.25) is 0 Å². The van der Waals surface area contributed by atoms with Gasteiger partial charge in [-0.25, -0.2) is 0 Å². The summed E-state index contributed by atoms with van der Waals surface area (Å²) in [5, 5.41) is 10.1. The van der Waals surface area contributed by atoms with Crippen LogP contribution in [0.25, 0.3) is 0 Å². The number of likely N-dealkylation sites (tertiary alicyclic amines) is 1. The molecular formula is C19H31NO. The topological polar surface area (TPSA) is 23.5 Å². The minimum Gasteiger partial charge on any atom is -0.393 e. The van der Waals surface area contributed by atoms with Gasteiger partial charge in [-0.3, -0.25) is 0 Å². The van der Waals surface area contributed by atoms with Crippen molar-refractivity contribution in [2.75, 3.05) is 19.6 Å². The standard InChI is InChI=1S/C19H31NO/c21-18-2-1-16-11-20(12-17(16)18)4-3-19-8-13-5-14(9-19)7-15(6-13)10-19/h13-18,21H,1-12H2. The number of hydrogen-bond donors (Lipinski definition) is 1. The van der Waals surface area contributed by atoms with Crippen molar-refractivity contribution in [3.05, 3.63) is 0 Å². The number of rotatable bonds is 3. The lowest BCUT2D eigenvalue weighted by molar-refractivity contribution is -0.0606. The Morgan fingerprint density at radius 3 is 2.19 bits per heavy atom. The molecule has 6 fully saturated rings. The molecule has 0 aromatic heterocycles. The summed E-state index contributed by atoms with van der Waals surface area (Å²) < 4.78 is 0. The van der Waals surface area contributed by atoms with Gasteiger partial charge >= 0.3 is 0 Å². The molecule has 21 heavy (non-hydrogen) atoms. The summed E-state index contributed by atoms with van der Waals surface area (Å²) in [6.45, 7) is 3.80. The molecule has 3 atom stereocenters. The van der Waals surface area contributed by atoms with E-state index in [1.54, 1.807) is 38.5 Å². The Kier molecular flexibility index (Phi) is 3.00. The van der Waals surface area contributed by atoms with Gasteiger partial charge in [0, 0.05) is 19.0 Å². The summed E-state index contributed by atoms with van der Waals surface area (Å²) >= 11 is 0. The quantitative estimate of drug-likeness (QED) is 0.862. The molecule has 0 radical (unpaired) electrons. The minimum atomic E-state index is 0.0135. The second-order valence-corrected chi connectivity index (χ2v) is 9.50. The molecule has 5 saturated carbocycles. The third-order valence-corrected chi connectivity index (χ3v) is 8.02. The number of fused-ring (bicyclic) bond motifs is 1. The van der Waals surface area contributed by atoms with Gasteiger partial charge in [0.15, 0.2) is 0 Å². The predicted molar refractivity (Wildman–Crippen MR) is 83.9 cm³/mol. The average molecular weight is 289 g/mol. The Balaban J connectivity index is 1.21. The highest BCUT2D eigenvalue weighted by atomic mass is 16.3. The van der Waals surface area contributed by atoms with Crippen LogP contribution in [0.3, 0.4) is 0 Å². The molecule has 3 unspecified atom stereocenters. The van der Waals surface area contributed by atoms with E-state index in [2.05, 4.69) is 4.90 Å². The van der Waals surface area contributed by atoms with Gasteiger partial charge in [-0.15, -0.1) is 0 Å². The highest BCUT2D eigenvalue weighted by molar-refractivity contribution is 5.02. The van der Waals surface area contributed by atoms with Gasteiger partial charge in [0.25, 0.3) is 0 Å². The Hall–Kier alpha value is -0.0800. The molecule has 2 heteroatoms. The van der Waals surface area contributed by atoms with Crippen molar-refractivity contribution in [3.8, 4) is 0 Å². The summed E-state index contributed by atoms with van der Waals surface area (Å²) in [5.41, 5.74) is 0.741. The van der Waals surface area contributed by atoms with Gasteiger partial charge in [-0.2, -0.15) is 0 Å². The van der Waals surface area contributed by atoms with Crippen molar-refractivity contribution in [1.29, 1.82) is 0 Å². The van der Waals surface area contributed by atoms with E-state index in [0.717, 1.165) is 35.5 Å². The van der Waals surface area contributed by atoms with Crippen LogP contribution in [0, 0.1) is 35.0 Å². The zero-order chi connectivity index (χ0) is 14.0. The second-order valence-electron chi connectivity index (χ2n) is 9.50. The van der Waals surface area contributed by atoms with E-state index in [4.69, 9.17) is 0 Å². The third-order valence-electron chi connectivity index (χ3n) is 8.02. The highest BCUT2D eigenvalue weighted by Crippen LogP contribution is 2.61. The number of aliphatic hydroxyl groups excluding tert-OH is 1. The first-order valence-corrected chi connectivity index (χ1v) is 9.59. The lowest BCUT2D eigenvalue weighted by atomic mass is 9.49. The van der Waals surface area contributed by atoms with Crippen LogP contribution in [-0.2, 0) is 0 Å². The maximum absolute atomic E-state index is 10.1. The molecule has 1 aliphatic heterocycles. The van der Waals surface area contributed by atoms with Crippen LogP contribution in [-0.4, -0.2) is 35.7 Å². The zero-order valence-corrected chi connectivity index (χ0v) is 13.3. The Bertz CT molecular complexity index is 385. The second kappa shape index (κ2) is 4.71. The van der Waals surface area contributed by atoms with Gasteiger partial charge in [-0.1, -0.05) is 0 Å². The zero-order valence-electron chi connectivity index (χ0n) is 13.3. The fourth-order valence-corrected chi connectivity index (χ4v) is 7.50. The molecule has 0 aromatic carbocycles. The van der Waals surface area contributed by atoms with Gasteiger partial charge < -0.3 is 10.0 Å². The molecule has 4 bridgehead atoms. The third kappa shape index (κ3) is 2.20. The van der Waals surface area contributed by atoms with E-state index in [9.17, 15) is 5.11 Å². The molecule has 1 heterocycles. The van der Waals surface area contributed by atoms with Crippen LogP contribution in [0.5, 0.6) is 0 Å². The van der Waals surface area contributed by atoms with Crippen molar-refractivity contribution in [1.82, 2.24) is 4.90 Å². The summed E-state index contributed by atoms with van der Waals surface area (Å²) in [6, 6.07) is 0. The largest absolute Gasteiger partial charge is 0.393 e. The lowest BCUT2D eigenvalue weighted by Crippen LogP contribution is -2.47. The van der Waals surface area contributed by atoms with E-state index in [0.29, 0.717) is 5.92 Å². The van der Waals surface area contributed by atoms with E-state index >= 15 is 0 Å². The van der Waals surface area contributed by atoms with Crippen LogP contribution >= 0.6 is 0 Å². The van der Waals surface area contributed by atoms with Crippen LogP contribution in [0.1, 0.15) is 57.8 Å². The SMILES string of the molecule is OC1CCC2CN(CCC34CC5CC(CC(C5)C3)C4)CC12. The maximum Gasteiger partial charge on any atom is 0.0583 e. The average Bonchev–Trinajstić information content (AvgIpc) is 2.98. The van der Waals surface area contributed by atoms with E-state index < -0.39 is 0 Å². The molecule has 5 aliphatic carbocycles. The van der Waals surface area contributed by atoms with Crippen LogP contribution in [0.15, 0.2) is 0 Å². The molecule has 0 spiro atoms. The smallest absolute Gasteiger partial charge is 0.0583 e. The number of nitrogens with zero attached hydrogens (tertiary/aromatic N) is 1. The van der Waals surface area contributed by atoms with Crippen molar-refractivity contribution in [2.24, 2.45) is 35.0 Å². The molecule has 0 aromatic rings. The van der Waals surface area contributed by atoms with Gasteiger partial charge in [0.05, 0.1) is 6.10 Å². The Morgan fingerprint density at radius 2 is 1.57 bits per heavy atom. The van der Waals surface area contributed by atoms with Crippen molar-refractivity contribution < 1.29 is 5.11 Å². The molecule has 1 N–H and O–H groups in total. The predicted octanol–water partition coefficient (Wildman–Crippen LogP) is 3.30. The molecule has 0 amide bonds. The normalized spacial score (nSPS) is 55.3. The highest BCUT2D eigenvalue weighted by Gasteiger charge is 2.51. The fraction of sp³-hybridized carbons (Fsp3) is 1.00. The molecule has 6 rings (SSSR count). The van der Waals surface area contributed by atoms with E-state index in [-0.39, 0.29) is 6.10 Å². The molecule has 118 valence electrons. The summed E-state index contributed by atoms with van der Waals surface area (Å²) in [4.78, 5) is 2.70. The number of hydrogen-bond acceptors (Lipinski definition) is 2. The van der Waals surface area contributed by atoms with Crippen LogP contribution in [0.4, 0.5) is 0 Å². The van der Waals surface area contributed by atoms with Crippen molar-refractivity contribution >= 4 is 0 Å².